The molecule has 5 heteroatoms. The van der Waals surface area contributed by atoms with E-state index < -0.39 is 17.4 Å². The highest BCUT2D eigenvalue weighted by atomic mass is 16.4. The van der Waals surface area contributed by atoms with E-state index in [1.54, 1.807) is 13.0 Å². The summed E-state index contributed by atoms with van der Waals surface area (Å²) in [5.74, 6) is -0.820. The third-order valence-corrected chi connectivity index (χ3v) is 3.59. The maximum Gasteiger partial charge on any atom is 0.321 e. The van der Waals surface area contributed by atoms with Gasteiger partial charge in [0.05, 0.1) is 5.41 Å². The van der Waals surface area contributed by atoms with E-state index in [2.05, 4.69) is 5.32 Å². The van der Waals surface area contributed by atoms with Crippen LogP contribution in [0.5, 0.6) is 0 Å². The summed E-state index contributed by atoms with van der Waals surface area (Å²) in [6, 6.07) is -0.855. The first kappa shape index (κ1) is 16.6. The van der Waals surface area contributed by atoms with Crippen molar-refractivity contribution in [1.29, 1.82) is 5.41 Å². The van der Waals surface area contributed by atoms with Crippen LogP contribution in [-0.2, 0) is 9.59 Å². The predicted octanol–water partition coefficient (Wildman–Crippen LogP) is 2.02. The molecular formula is C15H24N2O3. The van der Waals surface area contributed by atoms with Crippen LogP contribution in [0, 0.1) is 16.7 Å². The molecule has 1 fully saturated rings. The van der Waals surface area contributed by atoms with Gasteiger partial charge in [0, 0.05) is 12.1 Å². The first-order valence-corrected chi connectivity index (χ1v) is 7.10. The predicted molar refractivity (Wildman–Crippen MR) is 78.1 cm³/mol. The lowest BCUT2D eigenvalue weighted by Crippen LogP contribution is -2.40. The maximum absolute atomic E-state index is 12.3. The van der Waals surface area contributed by atoms with Gasteiger partial charge in [0.25, 0.3) is 0 Å². The molecule has 1 unspecified atom stereocenters. The van der Waals surface area contributed by atoms with Gasteiger partial charge < -0.3 is 15.8 Å². The summed E-state index contributed by atoms with van der Waals surface area (Å²) in [5, 5.41) is 19.9. The fourth-order valence-electron chi connectivity index (χ4n) is 2.15. The van der Waals surface area contributed by atoms with Crippen LogP contribution in [0.25, 0.3) is 0 Å². The molecule has 3 N–H and O–H groups in total. The summed E-state index contributed by atoms with van der Waals surface area (Å²) in [6.45, 7) is 6.33. The average Bonchev–Trinajstić information content (AvgIpc) is 3.16. The van der Waals surface area contributed by atoms with Crippen LogP contribution in [0.2, 0.25) is 0 Å². The molecule has 5 nitrogen and oxygen atoms in total. The minimum Gasteiger partial charge on any atom is -0.480 e. The number of allylic oxidation sites excluding steroid dienone is 2. The number of carbonyl (C=O) groups excluding carboxylic acids is 1. The monoisotopic (exact) mass is 280 g/mol. The molecule has 0 amide bonds. The molecule has 1 rings (SSSR count). The molecule has 0 heterocycles. The van der Waals surface area contributed by atoms with E-state index in [-0.39, 0.29) is 12.2 Å². The van der Waals surface area contributed by atoms with Crippen LogP contribution in [0.4, 0.5) is 0 Å². The lowest BCUT2D eigenvalue weighted by Gasteiger charge is -2.17. The Morgan fingerprint density at radius 2 is 2.00 bits per heavy atom. The Labute approximate surface area is 120 Å². The first-order chi connectivity index (χ1) is 9.33. The van der Waals surface area contributed by atoms with Crippen molar-refractivity contribution in [2.75, 3.05) is 6.54 Å². The molecule has 0 aromatic heterocycles. The SMILES string of the molecule is CCNC(CC(=O)C1(C(=N)C=CC(C)C)CC1)C(=O)O. The zero-order valence-electron chi connectivity index (χ0n) is 12.4. The van der Waals surface area contributed by atoms with Gasteiger partial charge in [0.2, 0.25) is 0 Å². The van der Waals surface area contributed by atoms with Crippen molar-refractivity contribution in [3.8, 4) is 0 Å². The van der Waals surface area contributed by atoms with Crippen molar-refractivity contribution in [3.63, 3.8) is 0 Å². The third kappa shape index (κ3) is 4.00. The minimum absolute atomic E-state index is 0.0545. The topological polar surface area (TPSA) is 90.3 Å². The van der Waals surface area contributed by atoms with Crippen LogP contribution in [0.3, 0.4) is 0 Å². The molecular weight excluding hydrogens is 256 g/mol. The van der Waals surface area contributed by atoms with Crippen molar-refractivity contribution in [3.05, 3.63) is 12.2 Å². The first-order valence-electron chi connectivity index (χ1n) is 7.10. The number of carboxylic acids is 1. The van der Waals surface area contributed by atoms with E-state index in [0.29, 0.717) is 31.0 Å². The molecule has 1 saturated carbocycles. The van der Waals surface area contributed by atoms with Gasteiger partial charge in [-0.25, -0.2) is 0 Å². The van der Waals surface area contributed by atoms with E-state index in [0.717, 1.165) is 0 Å². The highest BCUT2D eigenvalue weighted by Gasteiger charge is 2.52. The number of ketones is 1. The van der Waals surface area contributed by atoms with Crippen LogP contribution < -0.4 is 5.32 Å². The number of aliphatic carboxylic acids is 1. The second kappa shape index (κ2) is 6.79. The second-order valence-corrected chi connectivity index (χ2v) is 5.67. The minimum atomic E-state index is -1.01. The highest BCUT2D eigenvalue weighted by molar-refractivity contribution is 6.16. The Morgan fingerprint density at radius 1 is 1.40 bits per heavy atom. The van der Waals surface area contributed by atoms with Gasteiger partial charge >= 0.3 is 5.97 Å². The number of hydrogen-bond acceptors (Lipinski definition) is 4. The Balaban J connectivity index is 2.70. The molecule has 20 heavy (non-hydrogen) atoms. The molecule has 0 aliphatic heterocycles. The molecule has 0 saturated heterocycles. The number of hydrogen-bond donors (Lipinski definition) is 3. The maximum atomic E-state index is 12.3. The number of nitrogens with one attached hydrogen (secondary N) is 2. The van der Waals surface area contributed by atoms with Crippen LogP contribution in [-0.4, -0.2) is 35.2 Å². The summed E-state index contributed by atoms with van der Waals surface area (Å²) in [4.78, 5) is 23.4. The number of likely N-dealkylation sites (N-methyl/N-ethyl adjacent to an activating group) is 1. The molecule has 1 aliphatic rings. The van der Waals surface area contributed by atoms with Gasteiger partial charge in [-0.1, -0.05) is 26.8 Å². The quantitative estimate of drug-likeness (QED) is 0.564. The zero-order valence-corrected chi connectivity index (χ0v) is 12.4. The molecule has 1 atom stereocenters. The Bertz CT molecular complexity index is 423. The normalized spacial score (nSPS) is 18.2. The van der Waals surface area contributed by atoms with Crippen molar-refractivity contribution in [2.24, 2.45) is 11.3 Å². The van der Waals surface area contributed by atoms with Gasteiger partial charge in [0.1, 0.15) is 11.8 Å². The van der Waals surface area contributed by atoms with Crippen LogP contribution >= 0.6 is 0 Å². The number of Topliss-reactive ketones (excluding diaryl/α,β-unsaturated/α-hetero) is 1. The van der Waals surface area contributed by atoms with Gasteiger partial charge in [-0.15, -0.1) is 0 Å². The number of carbonyl (C=O) groups is 2. The summed E-state index contributed by atoms with van der Waals surface area (Å²) in [7, 11) is 0. The summed E-state index contributed by atoms with van der Waals surface area (Å²) in [5.41, 5.74) is -0.411. The average molecular weight is 280 g/mol. The Hall–Kier alpha value is -1.49. The van der Waals surface area contributed by atoms with E-state index in [1.807, 2.05) is 19.9 Å². The van der Waals surface area contributed by atoms with Crippen molar-refractivity contribution in [2.45, 2.75) is 46.1 Å². The van der Waals surface area contributed by atoms with Gasteiger partial charge in [-0.2, -0.15) is 0 Å². The van der Waals surface area contributed by atoms with E-state index in [4.69, 9.17) is 10.5 Å². The number of rotatable bonds is 9. The van der Waals surface area contributed by atoms with Gasteiger partial charge in [0.15, 0.2) is 0 Å². The van der Waals surface area contributed by atoms with Crippen molar-refractivity contribution < 1.29 is 14.7 Å². The molecule has 0 spiro atoms. The summed E-state index contributed by atoms with van der Waals surface area (Å²) >= 11 is 0. The Morgan fingerprint density at radius 3 is 2.40 bits per heavy atom. The zero-order chi connectivity index (χ0) is 15.3. The molecule has 0 aromatic rings. The number of carboxylic acid groups (broad SMARTS) is 1. The van der Waals surface area contributed by atoms with Gasteiger partial charge in [-0.3, -0.25) is 9.59 Å². The fourth-order valence-corrected chi connectivity index (χ4v) is 2.15. The lowest BCUT2D eigenvalue weighted by molar-refractivity contribution is -0.141. The third-order valence-electron chi connectivity index (χ3n) is 3.59. The van der Waals surface area contributed by atoms with E-state index >= 15 is 0 Å². The Kier molecular flexibility index (Phi) is 5.62. The lowest BCUT2D eigenvalue weighted by atomic mass is 9.89. The van der Waals surface area contributed by atoms with Crippen LogP contribution in [0.1, 0.15) is 40.0 Å². The summed E-state index contributed by atoms with van der Waals surface area (Å²) < 4.78 is 0. The van der Waals surface area contributed by atoms with Crippen molar-refractivity contribution in [1.82, 2.24) is 5.32 Å². The molecule has 1 aliphatic carbocycles. The standard InChI is InChI=1S/C15H24N2O3/c1-4-17-11(14(19)20)9-13(18)15(7-8-15)12(16)6-5-10(2)3/h5-6,10-11,16-17H,4,7-9H2,1-3H3,(H,19,20). The fraction of sp³-hybridized carbons (Fsp3) is 0.667. The summed E-state index contributed by atoms with van der Waals surface area (Å²) in [6.07, 6.45) is 4.85. The molecule has 0 bridgehead atoms. The molecule has 0 radical (unpaired) electrons. The largest absolute Gasteiger partial charge is 0.480 e. The van der Waals surface area contributed by atoms with E-state index in [1.165, 1.54) is 0 Å². The highest BCUT2D eigenvalue weighted by Crippen LogP contribution is 2.48. The molecule has 0 aromatic carbocycles. The van der Waals surface area contributed by atoms with Gasteiger partial charge in [-0.05, 0) is 31.4 Å². The van der Waals surface area contributed by atoms with E-state index in [9.17, 15) is 9.59 Å². The molecule has 112 valence electrons. The van der Waals surface area contributed by atoms with Crippen LogP contribution in [0.15, 0.2) is 12.2 Å². The van der Waals surface area contributed by atoms with Crippen molar-refractivity contribution >= 4 is 17.5 Å². The second-order valence-electron chi connectivity index (χ2n) is 5.67. The smallest absolute Gasteiger partial charge is 0.321 e.